The van der Waals surface area contributed by atoms with Crippen LogP contribution in [0.3, 0.4) is 0 Å². The van der Waals surface area contributed by atoms with Crippen LogP contribution in [0.4, 0.5) is 17.1 Å². The molecule has 0 amide bonds. The predicted molar refractivity (Wildman–Crippen MR) is 68.5 cm³/mol. The van der Waals surface area contributed by atoms with Crippen molar-refractivity contribution in [1.29, 1.82) is 0 Å². The van der Waals surface area contributed by atoms with Gasteiger partial charge < -0.3 is 16.8 Å². The highest BCUT2D eigenvalue weighted by molar-refractivity contribution is 5.73. The van der Waals surface area contributed by atoms with Crippen molar-refractivity contribution >= 4 is 17.1 Å². The smallest absolute Gasteiger partial charge is 0.0617 e. The van der Waals surface area contributed by atoms with Crippen LogP contribution in [0, 0.1) is 0 Å². The first-order valence-corrected chi connectivity index (χ1v) is 5.21. The molecule has 0 bridgehead atoms. The molecule has 2 aromatic carbocycles. The molecule has 3 nitrogen and oxygen atoms in total. The summed E-state index contributed by atoms with van der Waals surface area (Å²) in [7, 11) is 0. The van der Waals surface area contributed by atoms with Crippen molar-refractivity contribution < 1.29 is 0 Å². The Balaban J connectivity index is 2.30. The summed E-state index contributed by atoms with van der Waals surface area (Å²) in [6, 6.07) is 15.6. The molecule has 0 saturated carbocycles. The zero-order valence-electron chi connectivity index (χ0n) is 8.98. The molecule has 0 spiro atoms. The molecule has 16 heavy (non-hydrogen) atoms. The van der Waals surface area contributed by atoms with Crippen molar-refractivity contribution in [3.8, 4) is 0 Å². The SMILES string of the molecule is NCc1ccccc1Nc1ccccc1N. The van der Waals surface area contributed by atoms with Crippen molar-refractivity contribution in [3.05, 3.63) is 54.1 Å². The molecular weight excluding hydrogens is 198 g/mol. The van der Waals surface area contributed by atoms with Gasteiger partial charge in [0.25, 0.3) is 0 Å². The second-order valence-electron chi connectivity index (χ2n) is 3.57. The van der Waals surface area contributed by atoms with Crippen LogP contribution in [0.2, 0.25) is 0 Å². The molecule has 0 heterocycles. The van der Waals surface area contributed by atoms with Crippen LogP contribution in [0.15, 0.2) is 48.5 Å². The van der Waals surface area contributed by atoms with Crippen LogP contribution in [0.5, 0.6) is 0 Å². The third-order valence-corrected chi connectivity index (χ3v) is 2.47. The van der Waals surface area contributed by atoms with Crippen LogP contribution in [-0.2, 0) is 6.54 Å². The molecule has 0 aromatic heterocycles. The van der Waals surface area contributed by atoms with Gasteiger partial charge in [0.1, 0.15) is 0 Å². The van der Waals surface area contributed by atoms with Gasteiger partial charge in [-0.25, -0.2) is 0 Å². The number of hydrogen-bond acceptors (Lipinski definition) is 3. The Bertz CT molecular complexity index is 480. The average molecular weight is 213 g/mol. The first-order chi connectivity index (χ1) is 7.81. The van der Waals surface area contributed by atoms with E-state index >= 15 is 0 Å². The second-order valence-corrected chi connectivity index (χ2v) is 3.57. The summed E-state index contributed by atoms with van der Waals surface area (Å²) in [5.41, 5.74) is 15.3. The molecule has 0 aliphatic heterocycles. The van der Waals surface area contributed by atoms with E-state index < -0.39 is 0 Å². The Morgan fingerprint density at radius 1 is 0.875 bits per heavy atom. The fraction of sp³-hybridized carbons (Fsp3) is 0.0769. The molecule has 0 saturated heterocycles. The van der Waals surface area contributed by atoms with E-state index in [0.717, 1.165) is 22.6 Å². The summed E-state index contributed by atoms with van der Waals surface area (Å²) in [6.45, 7) is 0.510. The molecule has 2 aromatic rings. The van der Waals surface area contributed by atoms with E-state index in [1.807, 2.05) is 48.5 Å². The lowest BCUT2D eigenvalue weighted by molar-refractivity contribution is 1.07. The lowest BCUT2D eigenvalue weighted by Gasteiger charge is -2.12. The minimum absolute atomic E-state index is 0.510. The van der Waals surface area contributed by atoms with Crippen molar-refractivity contribution in [1.82, 2.24) is 0 Å². The average Bonchev–Trinajstić information content (AvgIpc) is 2.33. The van der Waals surface area contributed by atoms with E-state index in [1.54, 1.807) is 0 Å². The zero-order chi connectivity index (χ0) is 11.4. The molecule has 82 valence electrons. The Morgan fingerprint density at radius 3 is 2.19 bits per heavy atom. The fourth-order valence-electron chi connectivity index (χ4n) is 1.58. The standard InChI is InChI=1S/C13H15N3/c14-9-10-5-1-3-7-12(10)16-13-8-4-2-6-11(13)15/h1-8,16H,9,14-15H2. The first-order valence-electron chi connectivity index (χ1n) is 5.21. The lowest BCUT2D eigenvalue weighted by atomic mass is 10.1. The summed E-state index contributed by atoms with van der Waals surface area (Å²) in [5.74, 6) is 0. The molecule has 2 rings (SSSR count). The van der Waals surface area contributed by atoms with Gasteiger partial charge in [0.15, 0.2) is 0 Å². The minimum atomic E-state index is 0.510. The molecule has 0 fully saturated rings. The number of nitrogens with two attached hydrogens (primary N) is 2. The fourth-order valence-corrected chi connectivity index (χ4v) is 1.58. The minimum Gasteiger partial charge on any atom is -0.397 e. The number of benzene rings is 2. The topological polar surface area (TPSA) is 64.1 Å². The number of nitrogen functional groups attached to an aromatic ring is 1. The third-order valence-electron chi connectivity index (χ3n) is 2.47. The van der Waals surface area contributed by atoms with Crippen molar-refractivity contribution in [2.45, 2.75) is 6.54 Å². The van der Waals surface area contributed by atoms with Crippen molar-refractivity contribution in [2.75, 3.05) is 11.1 Å². The lowest BCUT2D eigenvalue weighted by Crippen LogP contribution is -2.02. The first kappa shape index (κ1) is 10.5. The number of anilines is 3. The van der Waals surface area contributed by atoms with Gasteiger partial charge in [-0.05, 0) is 23.8 Å². The summed E-state index contributed by atoms with van der Waals surface area (Å²) < 4.78 is 0. The number of nitrogens with one attached hydrogen (secondary N) is 1. The van der Waals surface area contributed by atoms with E-state index in [0.29, 0.717) is 6.54 Å². The van der Waals surface area contributed by atoms with E-state index in [-0.39, 0.29) is 0 Å². The van der Waals surface area contributed by atoms with Crippen LogP contribution in [-0.4, -0.2) is 0 Å². The van der Waals surface area contributed by atoms with Crippen LogP contribution in [0.25, 0.3) is 0 Å². The zero-order valence-corrected chi connectivity index (χ0v) is 8.98. The van der Waals surface area contributed by atoms with Crippen molar-refractivity contribution in [2.24, 2.45) is 5.73 Å². The van der Waals surface area contributed by atoms with E-state index in [4.69, 9.17) is 11.5 Å². The maximum Gasteiger partial charge on any atom is 0.0617 e. The van der Waals surface area contributed by atoms with Gasteiger partial charge in [0.05, 0.1) is 11.4 Å². The summed E-state index contributed by atoms with van der Waals surface area (Å²) in [5, 5.41) is 3.29. The van der Waals surface area contributed by atoms with Gasteiger partial charge >= 0.3 is 0 Å². The van der Waals surface area contributed by atoms with Gasteiger partial charge in [-0.1, -0.05) is 30.3 Å². The summed E-state index contributed by atoms with van der Waals surface area (Å²) in [4.78, 5) is 0. The van der Waals surface area contributed by atoms with E-state index in [2.05, 4.69) is 5.32 Å². The van der Waals surface area contributed by atoms with Crippen LogP contribution in [0.1, 0.15) is 5.56 Å². The van der Waals surface area contributed by atoms with Gasteiger partial charge in [-0.15, -0.1) is 0 Å². The Hall–Kier alpha value is -2.00. The normalized spacial score (nSPS) is 10.1. The molecule has 0 aliphatic carbocycles. The predicted octanol–water partition coefficient (Wildman–Crippen LogP) is 2.47. The quantitative estimate of drug-likeness (QED) is 0.686. The van der Waals surface area contributed by atoms with Crippen LogP contribution < -0.4 is 16.8 Å². The summed E-state index contributed by atoms with van der Waals surface area (Å²) >= 11 is 0. The molecule has 3 heteroatoms. The monoisotopic (exact) mass is 213 g/mol. The van der Waals surface area contributed by atoms with Crippen LogP contribution >= 0.6 is 0 Å². The number of para-hydroxylation sites is 3. The Kier molecular flexibility index (Phi) is 3.08. The van der Waals surface area contributed by atoms with E-state index in [9.17, 15) is 0 Å². The Labute approximate surface area is 95.1 Å². The largest absolute Gasteiger partial charge is 0.397 e. The number of hydrogen-bond donors (Lipinski definition) is 3. The maximum atomic E-state index is 5.87. The third kappa shape index (κ3) is 2.15. The summed E-state index contributed by atoms with van der Waals surface area (Å²) in [6.07, 6.45) is 0. The molecule has 0 unspecified atom stereocenters. The molecule has 5 N–H and O–H groups in total. The molecule has 0 aliphatic rings. The maximum absolute atomic E-state index is 5.87. The van der Waals surface area contributed by atoms with Gasteiger partial charge in [0, 0.05) is 12.2 Å². The molecular formula is C13H15N3. The van der Waals surface area contributed by atoms with E-state index in [1.165, 1.54) is 0 Å². The van der Waals surface area contributed by atoms with Gasteiger partial charge in [0.2, 0.25) is 0 Å². The highest BCUT2D eigenvalue weighted by atomic mass is 14.9. The highest BCUT2D eigenvalue weighted by Crippen LogP contribution is 2.24. The second kappa shape index (κ2) is 4.68. The number of rotatable bonds is 3. The van der Waals surface area contributed by atoms with Gasteiger partial charge in [-0.2, -0.15) is 0 Å². The highest BCUT2D eigenvalue weighted by Gasteiger charge is 2.01. The Morgan fingerprint density at radius 2 is 1.50 bits per heavy atom. The van der Waals surface area contributed by atoms with Crippen molar-refractivity contribution in [3.63, 3.8) is 0 Å². The van der Waals surface area contributed by atoms with Gasteiger partial charge in [-0.3, -0.25) is 0 Å². The molecule has 0 radical (unpaired) electrons. The molecule has 0 atom stereocenters.